The molecule has 0 aliphatic rings. The van der Waals surface area contributed by atoms with Crippen LogP contribution in [0.1, 0.15) is 35.6 Å². The molecule has 9 rings (SSSR count). The quantitative estimate of drug-likeness (QED) is 0.192. The van der Waals surface area contributed by atoms with Gasteiger partial charge in [-0.15, -0.1) is 0 Å². The van der Waals surface area contributed by atoms with Crippen molar-refractivity contribution < 1.29 is 40.1 Å². The van der Waals surface area contributed by atoms with Crippen LogP contribution >= 0.6 is 0 Å². The van der Waals surface area contributed by atoms with Gasteiger partial charge in [-0.1, -0.05) is 145 Å². The minimum Gasteiger partial charge on any atom is -0.456 e. The molecular formula is C42H26O. The van der Waals surface area contributed by atoms with Crippen molar-refractivity contribution in [3.05, 3.63) is 157 Å². The van der Waals surface area contributed by atoms with Gasteiger partial charge in [0.1, 0.15) is 11.2 Å². The van der Waals surface area contributed by atoms with Crippen LogP contribution in [-0.4, -0.2) is 0 Å². The van der Waals surface area contributed by atoms with Crippen molar-refractivity contribution in [3.63, 3.8) is 0 Å². The molecule has 1 heteroatoms. The summed E-state index contributed by atoms with van der Waals surface area (Å²) in [7, 11) is 0. The lowest BCUT2D eigenvalue weighted by molar-refractivity contribution is 0.669. The summed E-state index contributed by atoms with van der Waals surface area (Å²) in [5, 5.41) is -5.34. The average molecular weight is 573 g/mol. The summed E-state index contributed by atoms with van der Waals surface area (Å²) >= 11 is 0. The molecule has 9 aromatic rings. The smallest absolute Gasteiger partial charge is 0.136 e. The second-order valence-corrected chi connectivity index (χ2v) is 9.26. The Bertz CT molecular complexity index is 3880. The van der Waals surface area contributed by atoms with Crippen LogP contribution < -0.4 is 0 Å². The Balaban J connectivity index is 1.70. The molecule has 0 amide bonds. The first-order valence-electron chi connectivity index (χ1n) is 25.7. The van der Waals surface area contributed by atoms with Crippen molar-refractivity contribution in [2.45, 2.75) is 0 Å². The van der Waals surface area contributed by atoms with Gasteiger partial charge in [-0.05, 0) is 77.8 Å². The van der Waals surface area contributed by atoms with Gasteiger partial charge < -0.3 is 4.42 Å². The highest BCUT2D eigenvalue weighted by atomic mass is 16.3. The molecule has 200 valence electrons. The van der Waals surface area contributed by atoms with Crippen LogP contribution in [0.3, 0.4) is 0 Å². The van der Waals surface area contributed by atoms with Gasteiger partial charge in [0.15, 0.2) is 0 Å². The molecule has 0 aliphatic heterocycles. The van der Waals surface area contributed by atoms with E-state index in [-0.39, 0.29) is 0 Å². The summed E-state index contributed by atoms with van der Waals surface area (Å²) in [5.41, 5.74) is -5.83. The molecule has 0 saturated carbocycles. The number of rotatable bonds is 3. The molecular weight excluding hydrogens is 520 g/mol. The fourth-order valence-electron chi connectivity index (χ4n) is 5.36. The molecule has 0 fully saturated rings. The van der Waals surface area contributed by atoms with E-state index in [1.807, 2.05) is 0 Å². The van der Waals surface area contributed by atoms with Crippen molar-refractivity contribution in [3.8, 4) is 33.4 Å². The van der Waals surface area contributed by atoms with Gasteiger partial charge in [0.2, 0.25) is 0 Å². The number of furan rings is 1. The maximum absolute atomic E-state index is 9.53. The van der Waals surface area contributed by atoms with Gasteiger partial charge in [0, 0.05) is 10.8 Å². The molecule has 0 bridgehead atoms. The van der Waals surface area contributed by atoms with Crippen molar-refractivity contribution in [1.82, 2.24) is 0 Å². The molecule has 0 aliphatic carbocycles. The zero-order valence-corrected chi connectivity index (χ0v) is 21.4. The SMILES string of the molecule is [2H]c1c([2H])c([2H])c(-c2c3c([2H])c([2H])c([2H])c([2H])c3c(-c3c([2H])c([2H])c([2H])c4oc5c([2H])c([2H])c([2H])c([2H])c5c34)c3c([2H])c([2H])c([2H])c([2H])c23)c(-c2c([2H])c([2H])c([2H])c3c([2H])c([2H])c([2H])c([2H])c23)c1[2H]. The van der Waals surface area contributed by atoms with Crippen molar-refractivity contribution in [1.29, 1.82) is 0 Å². The summed E-state index contributed by atoms with van der Waals surface area (Å²) in [6.07, 6.45) is 0. The van der Waals surface area contributed by atoms with E-state index in [0.717, 1.165) is 0 Å². The lowest BCUT2D eigenvalue weighted by atomic mass is 9.82. The Labute approximate surface area is 285 Å². The number of benzene rings is 8. The third-order valence-corrected chi connectivity index (χ3v) is 7.07. The Morgan fingerprint density at radius 2 is 0.767 bits per heavy atom. The maximum atomic E-state index is 9.53. The van der Waals surface area contributed by atoms with E-state index in [9.17, 15) is 11.0 Å². The van der Waals surface area contributed by atoms with Gasteiger partial charge in [0.05, 0.1) is 35.6 Å². The summed E-state index contributed by atoms with van der Waals surface area (Å²) < 4.78 is 239. The Morgan fingerprint density at radius 1 is 0.326 bits per heavy atom. The summed E-state index contributed by atoms with van der Waals surface area (Å²) in [6, 6.07) is -24.6. The molecule has 0 atom stereocenters. The van der Waals surface area contributed by atoms with Crippen LogP contribution in [0.5, 0.6) is 0 Å². The number of fused-ring (bicyclic) bond motifs is 6. The highest BCUT2D eigenvalue weighted by molar-refractivity contribution is 6.26. The number of hydrogen-bond acceptors (Lipinski definition) is 1. The third-order valence-electron chi connectivity index (χ3n) is 7.07. The zero-order chi connectivity index (χ0) is 51.0. The Kier molecular flexibility index (Phi) is 2.13. The lowest BCUT2D eigenvalue weighted by Gasteiger charge is -2.20. The summed E-state index contributed by atoms with van der Waals surface area (Å²) in [6.45, 7) is 0. The van der Waals surface area contributed by atoms with Gasteiger partial charge >= 0.3 is 0 Å². The zero-order valence-electron chi connectivity index (χ0n) is 47.4. The van der Waals surface area contributed by atoms with Crippen LogP contribution in [0, 0.1) is 0 Å². The van der Waals surface area contributed by atoms with E-state index < -0.39 is 245 Å². The minimum absolute atomic E-state index is 0.483. The molecule has 43 heavy (non-hydrogen) atoms. The number of para-hydroxylation sites is 1. The van der Waals surface area contributed by atoms with E-state index >= 15 is 0 Å². The van der Waals surface area contributed by atoms with E-state index in [4.69, 9.17) is 29.1 Å². The topological polar surface area (TPSA) is 13.1 Å². The van der Waals surface area contributed by atoms with Crippen LogP contribution in [0.4, 0.5) is 0 Å². The highest BCUT2D eigenvalue weighted by Gasteiger charge is 2.21. The summed E-state index contributed by atoms with van der Waals surface area (Å²) in [5.74, 6) is 0. The van der Waals surface area contributed by atoms with E-state index in [1.165, 1.54) is 0 Å². The standard InChI is InChI=1S/C42H26O/c1-2-15-28-27(13-1)14-11-23-29(28)30-16-3-4-17-31(30)40-32-18-5-7-20-34(32)41(35-21-8-6-19-33(35)40)37-24-12-26-39-42(37)36-22-9-10-25-38(36)43-39/h1-26H/i1D,2D,3D,4D,5D,6D,7D,8D,9D,10D,11D,12D,13D,14D,15D,16D,17D,18D,19D,20D,21D,22D,23D,24D,25D,26D. The van der Waals surface area contributed by atoms with E-state index in [2.05, 4.69) is 0 Å². The molecule has 0 unspecified atom stereocenters. The second kappa shape index (κ2) is 9.44. The van der Waals surface area contributed by atoms with Crippen molar-refractivity contribution >= 4 is 54.3 Å². The first-order valence-corrected chi connectivity index (χ1v) is 12.7. The molecule has 8 aromatic carbocycles. The molecule has 1 aromatic heterocycles. The minimum atomic E-state index is -1.08. The van der Waals surface area contributed by atoms with Crippen molar-refractivity contribution in [2.75, 3.05) is 0 Å². The first-order chi connectivity index (χ1) is 32.2. The third kappa shape index (κ3) is 3.58. The van der Waals surface area contributed by atoms with Crippen LogP contribution in [0.15, 0.2) is 162 Å². The molecule has 0 saturated heterocycles. The Hall–Kier alpha value is -5.66. The molecule has 1 nitrogen and oxygen atoms in total. The number of hydrogen-bond donors (Lipinski definition) is 0. The average Bonchev–Trinajstić information content (AvgIpc) is 3.73. The predicted molar refractivity (Wildman–Crippen MR) is 183 cm³/mol. The van der Waals surface area contributed by atoms with Gasteiger partial charge in [0.25, 0.3) is 0 Å². The highest BCUT2D eigenvalue weighted by Crippen LogP contribution is 2.48. The Morgan fingerprint density at radius 3 is 1.49 bits per heavy atom. The van der Waals surface area contributed by atoms with E-state index in [0.29, 0.717) is 0 Å². The second-order valence-electron chi connectivity index (χ2n) is 9.26. The normalized spacial score (nSPS) is 20.2. The van der Waals surface area contributed by atoms with Gasteiger partial charge in [-0.3, -0.25) is 0 Å². The largest absolute Gasteiger partial charge is 0.456 e. The monoisotopic (exact) mass is 572 g/mol. The fraction of sp³-hybridized carbons (Fsp3) is 0. The van der Waals surface area contributed by atoms with Crippen LogP contribution in [-0.2, 0) is 0 Å². The summed E-state index contributed by atoms with van der Waals surface area (Å²) in [4.78, 5) is 0. The van der Waals surface area contributed by atoms with Crippen LogP contribution in [0.25, 0.3) is 87.6 Å². The van der Waals surface area contributed by atoms with Crippen molar-refractivity contribution in [2.24, 2.45) is 0 Å². The molecule has 0 N–H and O–H groups in total. The molecule has 0 spiro atoms. The van der Waals surface area contributed by atoms with Gasteiger partial charge in [-0.25, -0.2) is 0 Å². The molecule has 1 heterocycles. The predicted octanol–water partition coefficient (Wildman–Crippen LogP) is 12.0. The van der Waals surface area contributed by atoms with E-state index in [1.54, 1.807) is 0 Å². The molecule has 0 radical (unpaired) electrons. The van der Waals surface area contributed by atoms with Gasteiger partial charge in [-0.2, -0.15) is 0 Å². The lowest BCUT2D eigenvalue weighted by Crippen LogP contribution is -1.93. The maximum Gasteiger partial charge on any atom is 0.136 e. The fourth-order valence-corrected chi connectivity index (χ4v) is 5.36. The van der Waals surface area contributed by atoms with Crippen LogP contribution in [0.2, 0.25) is 0 Å². The first kappa shape index (κ1) is 9.69.